The third-order valence-electron chi connectivity index (χ3n) is 6.38. The Hall–Kier alpha value is -3.19. The summed E-state index contributed by atoms with van der Waals surface area (Å²) in [5.41, 5.74) is 2.73. The number of amides is 1. The smallest absolute Gasteiger partial charge is 0.274 e. The number of anilines is 1. The number of hydrogen-bond acceptors (Lipinski definition) is 5. The normalized spacial score (nSPS) is 15.5. The molecule has 33 heavy (non-hydrogen) atoms. The quantitative estimate of drug-likeness (QED) is 0.603. The Kier molecular flexibility index (Phi) is 7.08. The van der Waals surface area contributed by atoms with Gasteiger partial charge in [0.05, 0.1) is 5.39 Å². The molecule has 1 N–H and O–H groups in total. The predicted molar refractivity (Wildman–Crippen MR) is 133 cm³/mol. The Bertz CT molecular complexity index is 1180. The molecule has 1 atom stereocenters. The van der Waals surface area contributed by atoms with Gasteiger partial charge in [-0.05, 0) is 51.0 Å². The van der Waals surface area contributed by atoms with Crippen molar-refractivity contribution in [3.05, 3.63) is 70.1 Å². The van der Waals surface area contributed by atoms with Crippen LogP contribution in [0.1, 0.15) is 36.3 Å². The van der Waals surface area contributed by atoms with Gasteiger partial charge in [0, 0.05) is 56.4 Å². The zero-order valence-corrected chi connectivity index (χ0v) is 19.8. The topological polar surface area (TPSA) is 70.5 Å². The molecule has 7 nitrogen and oxygen atoms in total. The van der Waals surface area contributed by atoms with Crippen molar-refractivity contribution in [2.45, 2.75) is 39.8 Å². The molecule has 1 unspecified atom stereocenters. The van der Waals surface area contributed by atoms with Crippen LogP contribution in [0.25, 0.3) is 10.8 Å². The Morgan fingerprint density at radius 1 is 1.06 bits per heavy atom. The van der Waals surface area contributed by atoms with E-state index < -0.39 is 0 Å². The zero-order chi connectivity index (χ0) is 23.4. The average molecular weight is 448 g/mol. The third-order valence-corrected chi connectivity index (χ3v) is 6.38. The van der Waals surface area contributed by atoms with Crippen molar-refractivity contribution in [2.75, 3.05) is 37.6 Å². The van der Waals surface area contributed by atoms with Gasteiger partial charge < -0.3 is 10.2 Å². The SMILES string of the molecule is CCn1nc(C(=O)NC(C)CCN2CCN(c3cccc(C)c3)CC2)c2ccccc2c1=O. The molecule has 0 saturated carbocycles. The Labute approximate surface area is 195 Å². The van der Waals surface area contributed by atoms with Crippen molar-refractivity contribution in [3.63, 3.8) is 0 Å². The van der Waals surface area contributed by atoms with Gasteiger partial charge in [-0.3, -0.25) is 14.5 Å². The number of carbonyl (C=O) groups excluding carboxylic acids is 1. The fourth-order valence-electron chi connectivity index (χ4n) is 4.41. The summed E-state index contributed by atoms with van der Waals surface area (Å²) >= 11 is 0. The van der Waals surface area contributed by atoms with Gasteiger partial charge in [-0.2, -0.15) is 5.10 Å². The van der Waals surface area contributed by atoms with Crippen molar-refractivity contribution < 1.29 is 4.79 Å². The highest BCUT2D eigenvalue weighted by Crippen LogP contribution is 2.18. The molecule has 1 fully saturated rings. The molecule has 3 aromatic rings. The second-order valence-corrected chi connectivity index (χ2v) is 8.85. The van der Waals surface area contributed by atoms with E-state index in [1.54, 1.807) is 12.1 Å². The molecule has 1 aliphatic rings. The first-order valence-corrected chi connectivity index (χ1v) is 11.8. The number of nitrogens with one attached hydrogen (secondary N) is 1. The maximum Gasteiger partial charge on any atom is 0.274 e. The van der Waals surface area contributed by atoms with Gasteiger partial charge >= 0.3 is 0 Å². The number of nitrogens with zero attached hydrogens (tertiary/aromatic N) is 4. The molecule has 2 aromatic carbocycles. The van der Waals surface area contributed by atoms with Gasteiger partial charge in [-0.1, -0.05) is 30.3 Å². The fourth-order valence-corrected chi connectivity index (χ4v) is 4.41. The molecule has 1 saturated heterocycles. The lowest BCUT2D eigenvalue weighted by molar-refractivity contribution is 0.0929. The molecule has 4 rings (SSSR count). The Morgan fingerprint density at radius 3 is 2.48 bits per heavy atom. The van der Waals surface area contributed by atoms with Crippen LogP contribution in [0, 0.1) is 6.92 Å². The molecule has 1 amide bonds. The molecule has 1 aromatic heterocycles. The van der Waals surface area contributed by atoms with Gasteiger partial charge in [0.1, 0.15) is 0 Å². The summed E-state index contributed by atoms with van der Waals surface area (Å²) in [6.07, 6.45) is 0.863. The molecule has 0 spiro atoms. The first-order chi connectivity index (χ1) is 16.0. The van der Waals surface area contributed by atoms with Crippen LogP contribution in [-0.2, 0) is 6.54 Å². The standard InChI is InChI=1S/C26H33N5O2/c1-4-31-26(33)23-11-6-5-10-22(23)24(28-31)25(32)27-20(3)12-13-29-14-16-30(17-15-29)21-9-7-8-19(2)18-21/h5-11,18,20H,4,12-17H2,1-3H3,(H,27,32). The lowest BCUT2D eigenvalue weighted by atomic mass is 10.1. The van der Waals surface area contributed by atoms with E-state index in [-0.39, 0.29) is 17.5 Å². The highest BCUT2D eigenvalue weighted by Gasteiger charge is 2.20. The van der Waals surface area contributed by atoms with Gasteiger partial charge in [0.15, 0.2) is 5.69 Å². The largest absolute Gasteiger partial charge is 0.369 e. The average Bonchev–Trinajstić information content (AvgIpc) is 2.83. The van der Waals surface area contributed by atoms with E-state index in [0.717, 1.165) is 39.1 Å². The highest BCUT2D eigenvalue weighted by atomic mass is 16.2. The van der Waals surface area contributed by atoms with Crippen molar-refractivity contribution in [1.29, 1.82) is 0 Å². The highest BCUT2D eigenvalue weighted by molar-refractivity contribution is 6.04. The summed E-state index contributed by atoms with van der Waals surface area (Å²) in [6, 6.07) is 15.9. The molecule has 1 aliphatic heterocycles. The molecular formula is C26H33N5O2. The number of piperazine rings is 1. The summed E-state index contributed by atoms with van der Waals surface area (Å²) in [5, 5.41) is 8.55. The van der Waals surface area contributed by atoms with Crippen LogP contribution in [0.3, 0.4) is 0 Å². The van der Waals surface area contributed by atoms with Crippen LogP contribution in [0.2, 0.25) is 0 Å². The third kappa shape index (κ3) is 5.25. The molecular weight excluding hydrogens is 414 g/mol. The first-order valence-electron chi connectivity index (χ1n) is 11.8. The van der Waals surface area contributed by atoms with E-state index in [2.05, 4.69) is 51.4 Å². The Morgan fingerprint density at radius 2 is 1.79 bits per heavy atom. The number of aryl methyl sites for hydroxylation is 2. The Balaban J connectivity index is 1.33. The van der Waals surface area contributed by atoms with Crippen LogP contribution < -0.4 is 15.8 Å². The second-order valence-electron chi connectivity index (χ2n) is 8.85. The summed E-state index contributed by atoms with van der Waals surface area (Å²) < 4.78 is 1.36. The van der Waals surface area contributed by atoms with E-state index in [0.29, 0.717) is 23.0 Å². The van der Waals surface area contributed by atoms with E-state index in [1.165, 1.54) is 15.9 Å². The number of hydrogen-bond donors (Lipinski definition) is 1. The van der Waals surface area contributed by atoms with Crippen molar-refractivity contribution >= 4 is 22.4 Å². The summed E-state index contributed by atoms with van der Waals surface area (Å²) in [4.78, 5) is 30.4. The fraction of sp³-hybridized carbons (Fsp3) is 0.423. The van der Waals surface area contributed by atoms with Crippen molar-refractivity contribution in [1.82, 2.24) is 20.0 Å². The summed E-state index contributed by atoms with van der Waals surface area (Å²) in [5.74, 6) is -0.231. The number of aromatic nitrogens is 2. The van der Waals surface area contributed by atoms with Gasteiger partial charge in [-0.15, -0.1) is 0 Å². The van der Waals surface area contributed by atoms with Crippen LogP contribution in [0.4, 0.5) is 5.69 Å². The molecule has 0 radical (unpaired) electrons. The number of benzene rings is 2. The molecule has 174 valence electrons. The number of rotatable bonds is 7. The van der Waals surface area contributed by atoms with E-state index >= 15 is 0 Å². The van der Waals surface area contributed by atoms with Crippen molar-refractivity contribution in [3.8, 4) is 0 Å². The summed E-state index contributed by atoms with van der Waals surface area (Å²) in [6.45, 7) is 11.4. The van der Waals surface area contributed by atoms with Crippen LogP contribution >= 0.6 is 0 Å². The van der Waals surface area contributed by atoms with E-state index in [9.17, 15) is 9.59 Å². The van der Waals surface area contributed by atoms with Gasteiger partial charge in [0.2, 0.25) is 0 Å². The molecule has 0 bridgehead atoms. The minimum Gasteiger partial charge on any atom is -0.369 e. The maximum absolute atomic E-state index is 13.0. The van der Waals surface area contributed by atoms with Crippen LogP contribution in [0.15, 0.2) is 53.3 Å². The van der Waals surface area contributed by atoms with Crippen LogP contribution in [-0.4, -0.2) is 59.4 Å². The lowest BCUT2D eigenvalue weighted by Gasteiger charge is -2.36. The minimum atomic E-state index is -0.231. The van der Waals surface area contributed by atoms with E-state index in [4.69, 9.17) is 0 Å². The molecule has 0 aliphatic carbocycles. The first kappa shape index (κ1) is 23.0. The number of fused-ring (bicyclic) bond motifs is 1. The predicted octanol–water partition coefficient (Wildman–Crippen LogP) is 3.06. The van der Waals surface area contributed by atoms with Gasteiger partial charge in [-0.25, -0.2) is 4.68 Å². The summed E-state index contributed by atoms with van der Waals surface area (Å²) in [7, 11) is 0. The minimum absolute atomic E-state index is 0.00914. The molecule has 7 heteroatoms. The molecule has 2 heterocycles. The van der Waals surface area contributed by atoms with Crippen LogP contribution in [0.5, 0.6) is 0 Å². The lowest BCUT2D eigenvalue weighted by Crippen LogP contribution is -2.47. The number of carbonyl (C=O) groups is 1. The van der Waals surface area contributed by atoms with Crippen molar-refractivity contribution in [2.24, 2.45) is 0 Å². The monoisotopic (exact) mass is 447 g/mol. The zero-order valence-electron chi connectivity index (χ0n) is 19.8. The maximum atomic E-state index is 13.0. The van der Waals surface area contributed by atoms with Gasteiger partial charge in [0.25, 0.3) is 11.5 Å². The second kappa shape index (κ2) is 10.2. The van der Waals surface area contributed by atoms with E-state index in [1.807, 2.05) is 26.0 Å².